The molecule has 3 N–H and O–H groups in total. The highest BCUT2D eigenvalue weighted by atomic mass is 16.1. The van der Waals surface area contributed by atoms with Crippen molar-refractivity contribution < 1.29 is 4.79 Å². The minimum Gasteiger partial charge on any atom is -0.349 e. The Hall–Kier alpha value is -1.35. The number of benzene rings is 1. The second-order valence-corrected chi connectivity index (χ2v) is 4.46. The minimum absolute atomic E-state index is 0.0136. The van der Waals surface area contributed by atoms with Gasteiger partial charge in [-0.2, -0.15) is 0 Å². The van der Waals surface area contributed by atoms with Gasteiger partial charge in [-0.25, -0.2) is 0 Å². The molecule has 3 heteroatoms. The second-order valence-electron chi connectivity index (χ2n) is 4.46. The van der Waals surface area contributed by atoms with Crippen molar-refractivity contribution in [2.75, 3.05) is 0 Å². The number of hydrogen-bond acceptors (Lipinski definition) is 2. The van der Waals surface area contributed by atoms with Crippen LogP contribution in [-0.4, -0.2) is 18.0 Å². The van der Waals surface area contributed by atoms with Crippen molar-refractivity contribution in [3.05, 3.63) is 35.9 Å². The van der Waals surface area contributed by atoms with Crippen LogP contribution < -0.4 is 11.1 Å². The largest absolute Gasteiger partial charge is 0.349 e. The number of amides is 1. The van der Waals surface area contributed by atoms with E-state index in [2.05, 4.69) is 5.32 Å². The summed E-state index contributed by atoms with van der Waals surface area (Å²) in [6.07, 6.45) is 4.14. The first-order valence-electron chi connectivity index (χ1n) is 5.87. The topological polar surface area (TPSA) is 55.1 Å². The molecule has 86 valence electrons. The van der Waals surface area contributed by atoms with Crippen molar-refractivity contribution in [2.24, 2.45) is 5.73 Å². The van der Waals surface area contributed by atoms with Gasteiger partial charge in [0.1, 0.15) is 0 Å². The van der Waals surface area contributed by atoms with E-state index in [0.29, 0.717) is 0 Å². The lowest BCUT2D eigenvalue weighted by Gasteiger charge is -2.27. The Labute approximate surface area is 96.0 Å². The van der Waals surface area contributed by atoms with Crippen molar-refractivity contribution in [2.45, 2.75) is 37.8 Å². The molecule has 3 nitrogen and oxygen atoms in total. The number of carbonyl (C=O) groups excluding carboxylic acids is 1. The van der Waals surface area contributed by atoms with Crippen LogP contribution >= 0.6 is 0 Å². The zero-order chi connectivity index (χ0) is 11.4. The average molecular weight is 218 g/mol. The molecule has 0 aliphatic heterocycles. The summed E-state index contributed by atoms with van der Waals surface area (Å²) in [6, 6.07) is 9.82. The van der Waals surface area contributed by atoms with Gasteiger partial charge in [-0.3, -0.25) is 4.79 Å². The SMILES string of the molecule is N[C@@H]1CCC[C@H](NC(=O)c2ccccc2)C1. The molecule has 1 saturated carbocycles. The molecule has 1 amide bonds. The van der Waals surface area contributed by atoms with E-state index in [9.17, 15) is 4.79 Å². The number of carbonyl (C=O) groups is 1. The molecule has 0 spiro atoms. The normalized spacial score (nSPS) is 25.1. The van der Waals surface area contributed by atoms with Crippen LogP contribution in [0.1, 0.15) is 36.0 Å². The maximum atomic E-state index is 11.9. The Bertz CT molecular complexity index is 350. The maximum absolute atomic E-state index is 11.9. The molecule has 0 aromatic heterocycles. The van der Waals surface area contributed by atoms with E-state index in [4.69, 9.17) is 5.73 Å². The van der Waals surface area contributed by atoms with Crippen LogP contribution in [0.3, 0.4) is 0 Å². The van der Waals surface area contributed by atoms with Gasteiger partial charge in [0.2, 0.25) is 0 Å². The third-order valence-electron chi connectivity index (χ3n) is 3.09. The molecule has 1 aliphatic carbocycles. The summed E-state index contributed by atoms with van der Waals surface area (Å²) in [5, 5.41) is 3.05. The van der Waals surface area contributed by atoms with E-state index in [1.165, 1.54) is 0 Å². The highest BCUT2D eigenvalue weighted by Gasteiger charge is 2.20. The molecule has 2 atom stereocenters. The molecule has 2 rings (SSSR count). The van der Waals surface area contributed by atoms with Crippen molar-refractivity contribution in [1.29, 1.82) is 0 Å². The van der Waals surface area contributed by atoms with Crippen molar-refractivity contribution in [1.82, 2.24) is 5.32 Å². The van der Waals surface area contributed by atoms with E-state index in [-0.39, 0.29) is 18.0 Å². The van der Waals surface area contributed by atoms with Crippen LogP contribution in [0.4, 0.5) is 0 Å². The van der Waals surface area contributed by atoms with Gasteiger partial charge in [-0.1, -0.05) is 18.2 Å². The van der Waals surface area contributed by atoms with Gasteiger partial charge in [0.15, 0.2) is 0 Å². The Morgan fingerprint density at radius 2 is 2.00 bits per heavy atom. The monoisotopic (exact) mass is 218 g/mol. The fraction of sp³-hybridized carbons (Fsp3) is 0.462. The lowest BCUT2D eigenvalue weighted by atomic mass is 9.91. The Kier molecular flexibility index (Phi) is 3.57. The highest BCUT2D eigenvalue weighted by molar-refractivity contribution is 5.94. The van der Waals surface area contributed by atoms with Crippen molar-refractivity contribution >= 4 is 5.91 Å². The number of hydrogen-bond donors (Lipinski definition) is 2. The molecule has 1 aliphatic rings. The highest BCUT2D eigenvalue weighted by Crippen LogP contribution is 2.17. The van der Waals surface area contributed by atoms with Gasteiger partial charge in [-0.05, 0) is 37.8 Å². The Morgan fingerprint density at radius 1 is 1.25 bits per heavy atom. The molecular weight excluding hydrogens is 200 g/mol. The van der Waals surface area contributed by atoms with Crippen LogP contribution in [0.25, 0.3) is 0 Å². The molecule has 0 unspecified atom stereocenters. The molecular formula is C13H18N2O. The zero-order valence-corrected chi connectivity index (χ0v) is 9.36. The predicted octanol–water partition coefficient (Wildman–Crippen LogP) is 1.69. The average Bonchev–Trinajstić information content (AvgIpc) is 2.30. The van der Waals surface area contributed by atoms with Crippen molar-refractivity contribution in [3.8, 4) is 0 Å². The zero-order valence-electron chi connectivity index (χ0n) is 9.36. The molecule has 0 heterocycles. The van der Waals surface area contributed by atoms with Crippen LogP contribution in [0.5, 0.6) is 0 Å². The summed E-state index contributed by atoms with van der Waals surface area (Å²) in [4.78, 5) is 11.9. The van der Waals surface area contributed by atoms with Gasteiger partial charge >= 0.3 is 0 Å². The predicted molar refractivity (Wildman–Crippen MR) is 64.1 cm³/mol. The van der Waals surface area contributed by atoms with E-state index in [1.54, 1.807) is 0 Å². The number of rotatable bonds is 2. The lowest BCUT2D eigenvalue weighted by Crippen LogP contribution is -2.42. The van der Waals surface area contributed by atoms with Crippen LogP contribution in [0.15, 0.2) is 30.3 Å². The summed E-state index contributed by atoms with van der Waals surface area (Å²) in [7, 11) is 0. The molecule has 0 radical (unpaired) electrons. The van der Waals surface area contributed by atoms with Crippen molar-refractivity contribution in [3.63, 3.8) is 0 Å². The van der Waals surface area contributed by atoms with Gasteiger partial charge in [0.05, 0.1) is 0 Å². The molecule has 16 heavy (non-hydrogen) atoms. The number of nitrogens with two attached hydrogens (primary N) is 1. The minimum atomic E-state index is 0.0136. The second kappa shape index (κ2) is 5.12. The summed E-state index contributed by atoms with van der Waals surface area (Å²) in [5.41, 5.74) is 6.61. The summed E-state index contributed by atoms with van der Waals surface area (Å²) in [5.74, 6) is 0.0136. The smallest absolute Gasteiger partial charge is 0.251 e. The number of nitrogens with one attached hydrogen (secondary N) is 1. The van der Waals surface area contributed by atoms with Gasteiger partial charge in [0.25, 0.3) is 5.91 Å². The molecule has 1 aromatic rings. The molecule has 1 aromatic carbocycles. The van der Waals surface area contributed by atoms with Gasteiger partial charge < -0.3 is 11.1 Å². The van der Waals surface area contributed by atoms with Gasteiger partial charge in [-0.15, -0.1) is 0 Å². The first-order valence-corrected chi connectivity index (χ1v) is 5.87. The van der Waals surface area contributed by atoms with E-state index >= 15 is 0 Å². The van der Waals surface area contributed by atoms with E-state index < -0.39 is 0 Å². The van der Waals surface area contributed by atoms with Crippen LogP contribution in [0, 0.1) is 0 Å². The Balaban J connectivity index is 1.92. The fourth-order valence-corrected chi connectivity index (χ4v) is 2.22. The first kappa shape index (κ1) is 11.1. The maximum Gasteiger partial charge on any atom is 0.251 e. The summed E-state index contributed by atoms with van der Waals surface area (Å²) in [6.45, 7) is 0. The first-order chi connectivity index (χ1) is 7.75. The van der Waals surface area contributed by atoms with Gasteiger partial charge in [0, 0.05) is 17.6 Å². The van der Waals surface area contributed by atoms with Crippen LogP contribution in [-0.2, 0) is 0 Å². The quantitative estimate of drug-likeness (QED) is 0.793. The third kappa shape index (κ3) is 2.83. The van der Waals surface area contributed by atoms with E-state index in [1.807, 2.05) is 30.3 Å². The third-order valence-corrected chi connectivity index (χ3v) is 3.09. The Morgan fingerprint density at radius 3 is 2.69 bits per heavy atom. The summed E-state index contributed by atoms with van der Waals surface area (Å²) >= 11 is 0. The lowest BCUT2D eigenvalue weighted by molar-refractivity contribution is 0.0925. The van der Waals surface area contributed by atoms with Crippen LogP contribution in [0.2, 0.25) is 0 Å². The molecule has 0 saturated heterocycles. The molecule has 1 fully saturated rings. The standard InChI is InChI=1S/C13H18N2O/c14-11-7-4-8-12(9-11)15-13(16)10-5-2-1-3-6-10/h1-3,5-6,11-12H,4,7-9,14H2,(H,15,16)/t11-,12+/m1/s1. The molecule has 0 bridgehead atoms. The fourth-order valence-electron chi connectivity index (χ4n) is 2.22. The van der Waals surface area contributed by atoms with E-state index in [0.717, 1.165) is 31.2 Å². The summed E-state index contributed by atoms with van der Waals surface area (Å²) < 4.78 is 0.